The Morgan fingerprint density at radius 3 is 2.50 bits per heavy atom. The van der Waals surface area contributed by atoms with Gasteiger partial charge in [-0.1, -0.05) is 0 Å². The summed E-state index contributed by atoms with van der Waals surface area (Å²) in [5.41, 5.74) is 2.14. The number of hydrogen-bond acceptors (Lipinski definition) is 3. The van der Waals surface area contributed by atoms with Crippen LogP contribution in [0.3, 0.4) is 0 Å². The van der Waals surface area contributed by atoms with E-state index >= 15 is 0 Å². The second-order valence-electron chi connectivity index (χ2n) is 5.86. The molecule has 1 saturated heterocycles. The molecule has 20 heavy (non-hydrogen) atoms. The van der Waals surface area contributed by atoms with Crippen molar-refractivity contribution in [3.05, 3.63) is 24.3 Å². The van der Waals surface area contributed by atoms with E-state index in [2.05, 4.69) is 27.7 Å². The Hall–Kier alpha value is -1.55. The largest absolute Gasteiger partial charge is 0.372 e. The molecule has 0 spiro atoms. The van der Waals surface area contributed by atoms with Crippen LogP contribution in [0, 0.1) is 5.92 Å². The fourth-order valence-electron chi connectivity index (χ4n) is 2.65. The molecule has 1 aliphatic heterocycles. The van der Waals surface area contributed by atoms with Crippen molar-refractivity contribution < 1.29 is 4.79 Å². The summed E-state index contributed by atoms with van der Waals surface area (Å²) in [5.74, 6) is 0.849. The van der Waals surface area contributed by atoms with Gasteiger partial charge >= 0.3 is 0 Å². The third-order valence-electron chi connectivity index (χ3n) is 4.04. The van der Waals surface area contributed by atoms with Crippen molar-refractivity contribution in [3.63, 3.8) is 0 Å². The van der Waals surface area contributed by atoms with Crippen LogP contribution in [-0.4, -0.2) is 32.1 Å². The topological polar surface area (TPSA) is 44.4 Å². The Kier molecular flexibility index (Phi) is 4.21. The van der Waals surface area contributed by atoms with E-state index in [1.54, 1.807) is 0 Å². The summed E-state index contributed by atoms with van der Waals surface area (Å²) in [6, 6.07) is 8.18. The van der Waals surface area contributed by atoms with Gasteiger partial charge in [0.15, 0.2) is 0 Å². The van der Waals surface area contributed by atoms with Crippen LogP contribution in [0.5, 0.6) is 0 Å². The van der Waals surface area contributed by atoms with Gasteiger partial charge in [-0.05, 0) is 62.4 Å². The average Bonchev–Trinajstić information content (AvgIpc) is 3.11. The van der Waals surface area contributed by atoms with Gasteiger partial charge in [0.2, 0.25) is 5.91 Å². The van der Waals surface area contributed by atoms with Crippen LogP contribution in [0.25, 0.3) is 0 Å². The second-order valence-corrected chi connectivity index (χ2v) is 5.86. The van der Waals surface area contributed by atoms with Crippen LogP contribution < -0.4 is 15.5 Å². The van der Waals surface area contributed by atoms with E-state index in [0.717, 1.165) is 31.2 Å². The summed E-state index contributed by atoms with van der Waals surface area (Å²) >= 11 is 0. The van der Waals surface area contributed by atoms with E-state index in [1.165, 1.54) is 31.4 Å². The molecule has 3 rings (SSSR count). The van der Waals surface area contributed by atoms with Crippen molar-refractivity contribution in [1.29, 1.82) is 0 Å². The maximum Gasteiger partial charge on any atom is 0.238 e. The highest BCUT2D eigenvalue weighted by Crippen LogP contribution is 2.27. The van der Waals surface area contributed by atoms with Crippen LogP contribution in [0.1, 0.15) is 25.7 Å². The molecule has 1 aliphatic carbocycles. The standard InChI is InChI=1S/C16H23N3O/c20-16(12-17-11-13-3-4-13)18-14-5-7-15(8-6-14)19-9-1-2-10-19/h5-8,13,17H,1-4,9-12H2,(H,18,20). The van der Waals surface area contributed by atoms with E-state index in [1.807, 2.05) is 12.1 Å². The lowest BCUT2D eigenvalue weighted by Gasteiger charge is -2.17. The number of benzene rings is 1. The molecule has 0 atom stereocenters. The molecule has 1 saturated carbocycles. The van der Waals surface area contributed by atoms with E-state index in [-0.39, 0.29) is 5.91 Å². The first kappa shape index (κ1) is 13.4. The highest BCUT2D eigenvalue weighted by atomic mass is 16.1. The van der Waals surface area contributed by atoms with Crippen LogP contribution in [-0.2, 0) is 4.79 Å². The zero-order valence-electron chi connectivity index (χ0n) is 11.9. The minimum Gasteiger partial charge on any atom is -0.372 e. The van der Waals surface area contributed by atoms with Gasteiger partial charge in [0.25, 0.3) is 0 Å². The van der Waals surface area contributed by atoms with Crippen LogP contribution in [0.2, 0.25) is 0 Å². The third kappa shape index (κ3) is 3.73. The van der Waals surface area contributed by atoms with Crippen molar-refractivity contribution in [3.8, 4) is 0 Å². The van der Waals surface area contributed by atoms with Gasteiger partial charge in [0.05, 0.1) is 6.54 Å². The minimum atomic E-state index is 0.0413. The van der Waals surface area contributed by atoms with E-state index in [0.29, 0.717) is 6.54 Å². The fourth-order valence-corrected chi connectivity index (χ4v) is 2.65. The first-order chi connectivity index (χ1) is 9.81. The molecule has 1 aromatic rings. The smallest absolute Gasteiger partial charge is 0.238 e. The lowest BCUT2D eigenvalue weighted by Crippen LogP contribution is -2.29. The molecule has 2 fully saturated rings. The van der Waals surface area contributed by atoms with Crippen molar-refractivity contribution in [2.75, 3.05) is 36.4 Å². The Balaban J connectivity index is 1.45. The van der Waals surface area contributed by atoms with Gasteiger partial charge in [0, 0.05) is 24.5 Å². The summed E-state index contributed by atoms with van der Waals surface area (Å²) in [7, 11) is 0. The van der Waals surface area contributed by atoms with Crippen LogP contribution in [0.15, 0.2) is 24.3 Å². The SMILES string of the molecule is O=C(CNCC1CC1)Nc1ccc(N2CCCC2)cc1. The maximum atomic E-state index is 11.8. The molecule has 1 aromatic carbocycles. The van der Waals surface area contributed by atoms with Gasteiger partial charge in [-0.25, -0.2) is 0 Å². The van der Waals surface area contributed by atoms with Gasteiger partial charge in [-0.3, -0.25) is 4.79 Å². The lowest BCUT2D eigenvalue weighted by molar-refractivity contribution is -0.115. The monoisotopic (exact) mass is 273 g/mol. The first-order valence-corrected chi connectivity index (χ1v) is 7.67. The third-order valence-corrected chi connectivity index (χ3v) is 4.04. The predicted molar refractivity (Wildman–Crippen MR) is 82.1 cm³/mol. The summed E-state index contributed by atoms with van der Waals surface area (Å²) in [4.78, 5) is 14.2. The summed E-state index contributed by atoms with van der Waals surface area (Å²) < 4.78 is 0. The van der Waals surface area contributed by atoms with Crippen molar-refractivity contribution in [1.82, 2.24) is 5.32 Å². The molecule has 0 aromatic heterocycles. The Bertz CT molecular complexity index is 447. The van der Waals surface area contributed by atoms with Gasteiger partial charge < -0.3 is 15.5 Å². The minimum absolute atomic E-state index is 0.0413. The Labute approximate surface area is 120 Å². The molecule has 1 heterocycles. The zero-order chi connectivity index (χ0) is 13.8. The molecule has 108 valence electrons. The van der Waals surface area contributed by atoms with E-state index in [9.17, 15) is 4.79 Å². The fraction of sp³-hybridized carbons (Fsp3) is 0.562. The summed E-state index contributed by atoms with van der Waals surface area (Å²) in [6.07, 6.45) is 5.19. The zero-order valence-corrected chi connectivity index (χ0v) is 11.9. The number of anilines is 2. The molecule has 4 heteroatoms. The van der Waals surface area contributed by atoms with E-state index in [4.69, 9.17) is 0 Å². The number of carbonyl (C=O) groups is 1. The van der Waals surface area contributed by atoms with Crippen LogP contribution >= 0.6 is 0 Å². The molecular weight excluding hydrogens is 250 g/mol. The number of nitrogens with zero attached hydrogens (tertiary/aromatic N) is 1. The summed E-state index contributed by atoms with van der Waals surface area (Å²) in [5, 5.41) is 6.14. The quantitative estimate of drug-likeness (QED) is 0.835. The van der Waals surface area contributed by atoms with Gasteiger partial charge in [0.1, 0.15) is 0 Å². The number of rotatable bonds is 6. The molecular formula is C16H23N3O. The first-order valence-electron chi connectivity index (χ1n) is 7.67. The summed E-state index contributed by atoms with van der Waals surface area (Å²) in [6.45, 7) is 3.68. The highest BCUT2D eigenvalue weighted by Gasteiger charge is 2.20. The Morgan fingerprint density at radius 1 is 1.15 bits per heavy atom. The number of carbonyl (C=O) groups excluding carboxylic acids is 1. The maximum absolute atomic E-state index is 11.8. The predicted octanol–water partition coefficient (Wildman–Crippen LogP) is 2.22. The number of amides is 1. The normalized spacial score (nSPS) is 18.3. The van der Waals surface area contributed by atoms with E-state index < -0.39 is 0 Å². The van der Waals surface area contributed by atoms with Crippen molar-refractivity contribution in [2.24, 2.45) is 5.92 Å². The second kappa shape index (κ2) is 6.27. The van der Waals surface area contributed by atoms with Crippen LogP contribution in [0.4, 0.5) is 11.4 Å². The molecule has 0 bridgehead atoms. The average molecular weight is 273 g/mol. The lowest BCUT2D eigenvalue weighted by atomic mass is 10.2. The van der Waals surface area contributed by atoms with Gasteiger partial charge in [-0.2, -0.15) is 0 Å². The van der Waals surface area contributed by atoms with Crippen molar-refractivity contribution in [2.45, 2.75) is 25.7 Å². The molecule has 2 aliphatic rings. The number of hydrogen-bond donors (Lipinski definition) is 2. The molecule has 4 nitrogen and oxygen atoms in total. The molecule has 0 unspecified atom stereocenters. The van der Waals surface area contributed by atoms with Crippen molar-refractivity contribution >= 4 is 17.3 Å². The molecule has 2 N–H and O–H groups in total. The molecule has 1 amide bonds. The van der Waals surface area contributed by atoms with Gasteiger partial charge in [-0.15, -0.1) is 0 Å². The Morgan fingerprint density at radius 2 is 1.85 bits per heavy atom. The highest BCUT2D eigenvalue weighted by molar-refractivity contribution is 5.92. The number of nitrogens with one attached hydrogen (secondary N) is 2. The molecule has 0 radical (unpaired) electrons.